The Labute approximate surface area is 185 Å². The smallest absolute Gasteiger partial charge is 0.379 e. The van der Waals surface area contributed by atoms with Crippen molar-refractivity contribution in [2.45, 2.75) is 17.0 Å². The molecule has 3 aromatic rings. The average molecular weight is 487 g/mol. The van der Waals surface area contributed by atoms with Crippen LogP contribution in [0.1, 0.15) is 22.7 Å². The van der Waals surface area contributed by atoms with Crippen LogP contribution in [-0.2, 0) is 16.3 Å². The summed E-state index contributed by atoms with van der Waals surface area (Å²) in [6.45, 7) is 0. The Hall–Kier alpha value is -2.80. The number of rotatable bonds is 5. The van der Waals surface area contributed by atoms with Gasteiger partial charge in [0, 0.05) is 11.2 Å². The van der Waals surface area contributed by atoms with Gasteiger partial charge in [-0.15, -0.1) is 0 Å². The highest BCUT2D eigenvalue weighted by Crippen LogP contribution is 2.35. The highest BCUT2D eigenvalue weighted by atomic mass is 35.5. The Morgan fingerprint density at radius 3 is 2.16 bits per heavy atom. The number of alkyl halides is 3. The Morgan fingerprint density at radius 1 is 1.03 bits per heavy atom. The first-order valence-electron chi connectivity index (χ1n) is 8.43. The Balaban J connectivity index is 1.85. The lowest BCUT2D eigenvalue weighted by atomic mass is 9.96. The average Bonchev–Trinajstić information content (AvgIpc) is 2.70. The van der Waals surface area contributed by atoms with E-state index in [4.69, 9.17) is 27.4 Å². The van der Waals surface area contributed by atoms with Crippen molar-refractivity contribution >= 4 is 33.3 Å². The molecule has 0 spiro atoms. The largest absolute Gasteiger partial charge is 0.417 e. The molecule has 1 aromatic heterocycles. The van der Waals surface area contributed by atoms with Gasteiger partial charge in [0.15, 0.2) is 0 Å². The van der Waals surface area contributed by atoms with E-state index >= 15 is 0 Å². The van der Waals surface area contributed by atoms with Gasteiger partial charge in [0.1, 0.15) is 16.6 Å². The molecular formula is C20H11Cl2F3N2O3S. The second kappa shape index (κ2) is 8.75. The summed E-state index contributed by atoms with van der Waals surface area (Å²) < 4.78 is 68.1. The minimum atomic E-state index is -4.62. The fraction of sp³-hybridized carbons (Fsp3) is 0.100. The normalized spacial score (nSPS) is 12.8. The van der Waals surface area contributed by atoms with E-state index in [1.165, 1.54) is 48.5 Å². The van der Waals surface area contributed by atoms with Gasteiger partial charge in [-0.2, -0.15) is 26.9 Å². The van der Waals surface area contributed by atoms with Crippen LogP contribution in [-0.4, -0.2) is 13.4 Å². The molecule has 11 heteroatoms. The molecule has 0 radical (unpaired) electrons. The van der Waals surface area contributed by atoms with Gasteiger partial charge in [-0.05, 0) is 48.0 Å². The number of nitriles is 1. The van der Waals surface area contributed by atoms with E-state index in [0.717, 1.165) is 0 Å². The lowest BCUT2D eigenvalue weighted by Crippen LogP contribution is -2.10. The third kappa shape index (κ3) is 5.28. The molecule has 0 N–H and O–H groups in total. The van der Waals surface area contributed by atoms with Gasteiger partial charge < -0.3 is 4.18 Å². The van der Waals surface area contributed by atoms with Gasteiger partial charge in [0.05, 0.1) is 22.3 Å². The van der Waals surface area contributed by atoms with Gasteiger partial charge in [0.25, 0.3) is 0 Å². The van der Waals surface area contributed by atoms with E-state index in [2.05, 4.69) is 4.98 Å². The molecule has 0 fully saturated rings. The van der Waals surface area contributed by atoms with E-state index in [9.17, 15) is 26.9 Å². The van der Waals surface area contributed by atoms with Crippen molar-refractivity contribution in [2.24, 2.45) is 0 Å². The molecule has 0 aliphatic rings. The van der Waals surface area contributed by atoms with Crippen molar-refractivity contribution in [3.63, 3.8) is 0 Å². The van der Waals surface area contributed by atoms with Crippen LogP contribution >= 0.6 is 23.2 Å². The molecule has 0 aliphatic carbocycles. The molecule has 1 atom stereocenters. The molecule has 1 heterocycles. The standard InChI is InChI=1S/C20H11Cl2F3N2O3S/c21-14-3-7-16(8-4-14)31(28,29)30-15-5-1-12(2-6-15)17(10-26)19-18(22)9-13(11-27-19)20(23,24)25/h1-9,11,17H/t17-/m0/s1. The van der Waals surface area contributed by atoms with Crippen LogP contribution in [0.2, 0.25) is 10.0 Å². The first kappa shape index (κ1) is 22.9. The monoisotopic (exact) mass is 486 g/mol. The summed E-state index contributed by atoms with van der Waals surface area (Å²) in [6, 6.07) is 13.4. The second-order valence-corrected chi connectivity index (χ2v) is 8.60. The molecule has 3 rings (SSSR count). The van der Waals surface area contributed by atoms with Crippen molar-refractivity contribution in [2.75, 3.05) is 0 Å². The molecule has 0 unspecified atom stereocenters. The third-order valence-electron chi connectivity index (χ3n) is 4.12. The number of benzene rings is 2. The van der Waals surface area contributed by atoms with Crippen molar-refractivity contribution in [1.82, 2.24) is 4.98 Å². The summed E-state index contributed by atoms with van der Waals surface area (Å²) in [7, 11) is -4.11. The highest BCUT2D eigenvalue weighted by Gasteiger charge is 2.32. The molecule has 160 valence electrons. The summed E-state index contributed by atoms with van der Waals surface area (Å²) in [5.74, 6) is -1.10. The predicted octanol–water partition coefficient (Wildman–Crippen LogP) is 5.83. The third-order valence-corrected chi connectivity index (χ3v) is 5.94. The number of hydrogen-bond acceptors (Lipinski definition) is 5. The zero-order valence-electron chi connectivity index (χ0n) is 15.3. The Kier molecular flexibility index (Phi) is 6.46. The van der Waals surface area contributed by atoms with Gasteiger partial charge in [0.2, 0.25) is 0 Å². The zero-order chi connectivity index (χ0) is 22.8. The number of aromatic nitrogens is 1. The topological polar surface area (TPSA) is 80.0 Å². The second-order valence-electron chi connectivity index (χ2n) is 6.21. The summed E-state index contributed by atoms with van der Waals surface area (Å²) >= 11 is 11.7. The van der Waals surface area contributed by atoms with E-state index in [1.54, 1.807) is 0 Å². The number of hydrogen-bond donors (Lipinski definition) is 0. The molecule has 31 heavy (non-hydrogen) atoms. The van der Waals surface area contributed by atoms with Crippen molar-refractivity contribution in [3.05, 3.63) is 87.7 Å². The van der Waals surface area contributed by atoms with Crippen LogP contribution in [0.15, 0.2) is 65.7 Å². The first-order chi connectivity index (χ1) is 14.5. The quantitative estimate of drug-likeness (QED) is 0.423. The lowest BCUT2D eigenvalue weighted by molar-refractivity contribution is -0.137. The Bertz CT molecular complexity index is 1240. The van der Waals surface area contributed by atoms with Crippen molar-refractivity contribution < 1.29 is 25.8 Å². The highest BCUT2D eigenvalue weighted by molar-refractivity contribution is 7.87. The molecule has 0 saturated heterocycles. The SMILES string of the molecule is N#C[C@@H](c1ccc(OS(=O)(=O)c2ccc(Cl)cc2)cc1)c1ncc(C(F)(F)F)cc1Cl. The fourth-order valence-electron chi connectivity index (χ4n) is 2.60. The molecular weight excluding hydrogens is 476 g/mol. The molecule has 0 saturated carbocycles. The minimum Gasteiger partial charge on any atom is -0.379 e. The van der Waals surface area contributed by atoms with Crippen molar-refractivity contribution in [3.8, 4) is 11.8 Å². The number of halogens is 5. The molecule has 0 bridgehead atoms. The van der Waals surface area contributed by atoms with Crippen LogP contribution in [0.5, 0.6) is 5.75 Å². The van der Waals surface area contributed by atoms with Gasteiger partial charge in [-0.1, -0.05) is 35.3 Å². The first-order valence-corrected chi connectivity index (χ1v) is 10.6. The van der Waals surface area contributed by atoms with Gasteiger partial charge in [-0.3, -0.25) is 4.98 Å². The van der Waals surface area contributed by atoms with Crippen LogP contribution in [0.4, 0.5) is 13.2 Å². The van der Waals surface area contributed by atoms with Crippen molar-refractivity contribution in [1.29, 1.82) is 5.26 Å². The van der Waals surface area contributed by atoms with Crippen LogP contribution in [0, 0.1) is 11.3 Å². The van der Waals surface area contributed by atoms with Gasteiger partial charge in [-0.25, -0.2) is 0 Å². The van der Waals surface area contributed by atoms with Gasteiger partial charge >= 0.3 is 16.3 Å². The van der Waals surface area contributed by atoms with E-state index in [-0.39, 0.29) is 21.4 Å². The maximum absolute atomic E-state index is 12.8. The number of pyridine rings is 1. The maximum atomic E-state index is 12.8. The minimum absolute atomic E-state index is 0.0261. The zero-order valence-corrected chi connectivity index (χ0v) is 17.6. The summed E-state index contributed by atoms with van der Waals surface area (Å²) in [5, 5.41) is 9.55. The van der Waals surface area contributed by atoms with Crippen LogP contribution in [0.25, 0.3) is 0 Å². The van der Waals surface area contributed by atoms with E-state index in [0.29, 0.717) is 22.8 Å². The molecule has 0 aliphatic heterocycles. The van der Waals surface area contributed by atoms with E-state index < -0.39 is 27.8 Å². The Morgan fingerprint density at radius 2 is 1.65 bits per heavy atom. The molecule has 0 amide bonds. The maximum Gasteiger partial charge on any atom is 0.417 e. The van der Waals surface area contributed by atoms with E-state index in [1.807, 2.05) is 6.07 Å². The fourth-order valence-corrected chi connectivity index (χ4v) is 3.93. The van der Waals surface area contributed by atoms with Crippen LogP contribution in [0.3, 0.4) is 0 Å². The summed E-state index contributed by atoms with van der Waals surface area (Å²) in [4.78, 5) is 3.61. The predicted molar refractivity (Wildman–Crippen MR) is 107 cm³/mol. The summed E-state index contributed by atoms with van der Waals surface area (Å²) in [5.41, 5.74) is -0.749. The molecule has 2 aromatic carbocycles. The lowest BCUT2D eigenvalue weighted by Gasteiger charge is -2.14. The number of nitrogens with zero attached hydrogens (tertiary/aromatic N) is 2. The van der Waals surface area contributed by atoms with Crippen LogP contribution < -0.4 is 4.18 Å². The summed E-state index contributed by atoms with van der Waals surface area (Å²) in [6.07, 6.45) is -4.02. The molecule has 5 nitrogen and oxygen atoms in total.